The molecule has 1 aromatic heterocycles. The summed E-state index contributed by atoms with van der Waals surface area (Å²) in [5.74, 6) is -0.478. The predicted molar refractivity (Wildman–Crippen MR) is 77.2 cm³/mol. The highest BCUT2D eigenvalue weighted by molar-refractivity contribution is 7.84. The Morgan fingerprint density at radius 1 is 1.14 bits per heavy atom. The molecule has 0 radical (unpaired) electrons. The molecular formula is C15H17F2NO2S. The van der Waals surface area contributed by atoms with Gasteiger partial charge in [-0.15, -0.1) is 0 Å². The smallest absolute Gasteiger partial charge is 0.160 e. The Balaban J connectivity index is 1.97. The van der Waals surface area contributed by atoms with Crippen molar-refractivity contribution >= 4 is 10.8 Å². The van der Waals surface area contributed by atoms with E-state index in [9.17, 15) is 13.0 Å². The molecule has 0 aliphatic rings. The summed E-state index contributed by atoms with van der Waals surface area (Å²) in [5.41, 5.74) is 0. The Kier molecular flexibility index (Phi) is 5.64. The lowest BCUT2D eigenvalue weighted by molar-refractivity contribution is 0.458. The fourth-order valence-electron chi connectivity index (χ4n) is 1.81. The van der Waals surface area contributed by atoms with Gasteiger partial charge in [0.25, 0.3) is 0 Å². The van der Waals surface area contributed by atoms with Crippen LogP contribution < -0.4 is 5.32 Å². The monoisotopic (exact) mass is 313 g/mol. The number of furan rings is 1. The first-order valence-corrected chi connectivity index (χ1v) is 8.03. The molecule has 1 atom stereocenters. The lowest BCUT2D eigenvalue weighted by Gasteiger charge is -2.02. The van der Waals surface area contributed by atoms with E-state index in [1.165, 1.54) is 6.07 Å². The van der Waals surface area contributed by atoms with Crippen molar-refractivity contribution < 1.29 is 17.4 Å². The summed E-state index contributed by atoms with van der Waals surface area (Å²) in [6.07, 6.45) is 1.04. The molecule has 1 heterocycles. The molecule has 0 aliphatic carbocycles. The van der Waals surface area contributed by atoms with E-state index in [4.69, 9.17) is 4.42 Å². The largest absolute Gasteiger partial charge is 0.464 e. The van der Waals surface area contributed by atoms with Crippen molar-refractivity contribution in [2.24, 2.45) is 0 Å². The molecule has 1 unspecified atom stereocenters. The molecule has 21 heavy (non-hydrogen) atoms. The highest BCUT2D eigenvalue weighted by atomic mass is 32.2. The summed E-state index contributed by atoms with van der Waals surface area (Å²) < 4.78 is 43.6. The number of nitrogens with one attached hydrogen (secondary N) is 1. The zero-order chi connectivity index (χ0) is 15.2. The van der Waals surface area contributed by atoms with Crippen molar-refractivity contribution in [2.75, 3.05) is 6.54 Å². The van der Waals surface area contributed by atoms with Gasteiger partial charge in [0.05, 0.1) is 23.1 Å². The second kappa shape index (κ2) is 7.47. The maximum atomic E-state index is 13.1. The highest BCUT2D eigenvalue weighted by Gasteiger charge is 2.11. The molecule has 1 aromatic carbocycles. The van der Waals surface area contributed by atoms with E-state index in [0.717, 1.165) is 30.9 Å². The van der Waals surface area contributed by atoms with Crippen LogP contribution in [0.2, 0.25) is 0 Å². The van der Waals surface area contributed by atoms with Gasteiger partial charge in [0.1, 0.15) is 11.5 Å². The molecule has 0 bridgehead atoms. The van der Waals surface area contributed by atoms with Crippen LogP contribution in [0.15, 0.2) is 39.6 Å². The van der Waals surface area contributed by atoms with Crippen molar-refractivity contribution in [2.45, 2.75) is 30.5 Å². The third kappa shape index (κ3) is 4.47. The Hall–Kier alpha value is -1.53. The van der Waals surface area contributed by atoms with Crippen LogP contribution in [0.5, 0.6) is 0 Å². The quantitative estimate of drug-likeness (QED) is 0.797. The van der Waals surface area contributed by atoms with E-state index in [0.29, 0.717) is 12.3 Å². The number of benzene rings is 1. The molecule has 114 valence electrons. The summed E-state index contributed by atoms with van der Waals surface area (Å²) in [6.45, 7) is 3.59. The Morgan fingerprint density at radius 2 is 1.90 bits per heavy atom. The SMILES string of the molecule is CCCNCc1ccc(CS(=O)c2ccc(F)c(F)c2)o1. The van der Waals surface area contributed by atoms with Crippen molar-refractivity contribution in [1.82, 2.24) is 5.32 Å². The predicted octanol–water partition coefficient (Wildman–Crippen LogP) is 3.37. The minimum Gasteiger partial charge on any atom is -0.464 e. The number of hydrogen-bond donors (Lipinski definition) is 1. The van der Waals surface area contributed by atoms with Crippen LogP contribution in [-0.2, 0) is 23.1 Å². The Labute approximate surface area is 124 Å². The zero-order valence-electron chi connectivity index (χ0n) is 11.7. The van der Waals surface area contributed by atoms with Crippen LogP contribution >= 0.6 is 0 Å². The molecule has 6 heteroatoms. The second-order valence-electron chi connectivity index (χ2n) is 4.61. The van der Waals surface area contributed by atoms with Gasteiger partial charge in [0.15, 0.2) is 11.6 Å². The Morgan fingerprint density at radius 3 is 2.62 bits per heavy atom. The maximum Gasteiger partial charge on any atom is 0.160 e. The van der Waals surface area contributed by atoms with Gasteiger partial charge in [-0.25, -0.2) is 8.78 Å². The summed E-state index contributed by atoms with van der Waals surface area (Å²) in [5, 5.41) is 3.20. The van der Waals surface area contributed by atoms with E-state index in [-0.39, 0.29) is 10.6 Å². The highest BCUT2D eigenvalue weighted by Crippen LogP contribution is 2.17. The molecule has 2 rings (SSSR count). The zero-order valence-corrected chi connectivity index (χ0v) is 12.5. The topological polar surface area (TPSA) is 42.2 Å². The second-order valence-corrected chi connectivity index (χ2v) is 6.06. The van der Waals surface area contributed by atoms with E-state index in [1.807, 2.05) is 6.07 Å². The van der Waals surface area contributed by atoms with Gasteiger partial charge in [-0.3, -0.25) is 4.21 Å². The van der Waals surface area contributed by atoms with E-state index < -0.39 is 22.4 Å². The van der Waals surface area contributed by atoms with Gasteiger partial charge in [-0.2, -0.15) is 0 Å². The van der Waals surface area contributed by atoms with Gasteiger partial charge < -0.3 is 9.73 Å². The molecule has 3 nitrogen and oxygen atoms in total. The van der Waals surface area contributed by atoms with Crippen molar-refractivity contribution in [3.8, 4) is 0 Å². The van der Waals surface area contributed by atoms with E-state index in [1.54, 1.807) is 6.07 Å². The molecule has 0 fully saturated rings. The van der Waals surface area contributed by atoms with Gasteiger partial charge in [-0.1, -0.05) is 6.92 Å². The molecule has 0 amide bonds. The Bertz CT molecular complexity index is 628. The maximum absolute atomic E-state index is 13.1. The average Bonchev–Trinajstić information content (AvgIpc) is 2.89. The third-order valence-corrected chi connectivity index (χ3v) is 4.20. The average molecular weight is 313 g/mol. The summed E-state index contributed by atoms with van der Waals surface area (Å²) in [7, 11) is -1.47. The van der Waals surface area contributed by atoms with Gasteiger partial charge in [-0.05, 0) is 43.3 Å². The molecular weight excluding hydrogens is 296 g/mol. The van der Waals surface area contributed by atoms with Crippen LogP contribution in [-0.4, -0.2) is 10.8 Å². The van der Waals surface area contributed by atoms with Crippen LogP contribution in [0, 0.1) is 11.6 Å². The van der Waals surface area contributed by atoms with Gasteiger partial charge >= 0.3 is 0 Å². The normalized spacial score (nSPS) is 12.5. The number of halogens is 2. The number of hydrogen-bond acceptors (Lipinski definition) is 3. The van der Waals surface area contributed by atoms with Gasteiger partial charge in [0, 0.05) is 4.90 Å². The van der Waals surface area contributed by atoms with Crippen LogP contribution in [0.3, 0.4) is 0 Å². The van der Waals surface area contributed by atoms with Crippen molar-refractivity contribution in [3.05, 3.63) is 53.5 Å². The summed E-state index contributed by atoms with van der Waals surface area (Å²) >= 11 is 0. The molecule has 1 N–H and O–H groups in total. The fraction of sp³-hybridized carbons (Fsp3) is 0.333. The van der Waals surface area contributed by atoms with Gasteiger partial charge in [0.2, 0.25) is 0 Å². The first-order chi connectivity index (χ1) is 10.1. The first kappa shape index (κ1) is 15.9. The lowest BCUT2D eigenvalue weighted by atomic mass is 10.3. The molecule has 0 spiro atoms. The first-order valence-electron chi connectivity index (χ1n) is 6.72. The van der Waals surface area contributed by atoms with Crippen LogP contribution in [0.25, 0.3) is 0 Å². The third-order valence-electron chi connectivity index (χ3n) is 2.87. The van der Waals surface area contributed by atoms with E-state index in [2.05, 4.69) is 12.2 Å². The van der Waals surface area contributed by atoms with Crippen molar-refractivity contribution in [1.29, 1.82) is 0 Å². The van der Waals surface area contributed by atoms with Crippen LogP contribution in [0.1, 0.15) is 24.9 Å². The minimum atomic E-state index is -1.47. The lowest BCUT2D eigenvalue weighted by Crippen LogP contribution is -2.13. The van der Waals surface area contributed by atoms with Crippen LogP contribution in [0.4, 0.5) is 8.78 Å². The minimum absolute atomic E-state index is 0.138. The summed E-state index contributed by atoms with van der Waals surface area (Å²) in [6, 6.07) is 6.82. The molecule has 0 saturated carbocycles. The van der Waals surface area contributed by atoms with Crippen molar-refractivity contribution in [3.63, 3.8) is 0 Å². The molecule has 2 aromatic rings. The van der Waals surface area contributed by atoms with E-state index >= 15 is 0 Å². The fourth-order valence-corrected chi connectivity index (χ4v) is 2.85. The number of rotatable bonds is 7. The summed E-state index contributed by atoms with van der Waals surface area (Å²) in [4.78, 5) is 0.246. The molecule has 0 saturated heterocycles. The molecule has 0 aliphatic heterocycles. The standard InChI is InChI=1S/C15H17F2NO2S/c1-2-7-18-9-11-3-4-12(20-11)10-21(19)13-5-6-14(16)15(17)8-13/h3-6,8,18H,2,7,9-10H2,1H3.